The van der Waals surface area contributed by atoms with E-state index >= 15 is 0 Å². The summed E-state index contributed by atoms with van der Waals surface area (Å²) in [7, 11) is 0. The maximum atomic E-state index is 5.90. The van der Waals surface area contributed by atoms with E-state index in [0.717, 1.165) is 56.6 Å². The summed E-state index contributed by atoms with van der Waals surface area (Å²) >= 11 is 5.90. The molecule has 2 aliphatic rings. The van der Waals surface area contributed by atoms with Gasteiger partial charge in [0.15, 0.2) is 5.11 Å². The first-order chi connectivity index (χ1) is 17.0. The highest BCUT2D eigenvalue weighted by molar-refractivity contribution is 7.80. The number of thiocarbonyl (C=S) groups is 1. The lowest BCUT2D eigenvalue weighted by Crippen LogP contribution is -2.39. The van der Waals surface area contributed by atoms with Gasteiger partial charge in [0.05, 0.1) is 31.0 Å². The summed E-state index contributed by atoms with van der Waals surface area (Å²) in [5.74, 6) is 0. The molecular formula is C28H35N5OS. The number of nitrogens with one attached hydrogen (secondary N) is 1. The van der Waals surface area contributed by atoms with Crippen LogP contribution in [0.2, 0.25) is 0 Å². The number of hydrogen-bond acceptors (Lipinski definition) is 4. The van der Waals surface area contributed by atoms with E-state index < -0.39 is 0 Å². The number of rotatable bonds is 7. The van der Waals surface area contributed by atoms with Crippen molar-refractivity contribution in [1.82, 2.24) is 24.7 Å². The molecule has 0 aliphatic carbocycles. The lowest BCUT2D eigenvalue weighted by molar-refractivity contribution is 0.0365. The molecule has 0 saturated carbocycles. The van der Waals surface area contributed by atoms with Crippen LogP contribution in [0.3, 0.4) is 0 Å². The average Bonchev–Trinajstić information content (AvgIpc) is 3.35. The van der Waals surface area contributed by atoms with Gasteiger partial charge in [-0.25, -0.2) is 0 Å². The summed E-state index contributed by atoms with van der Waals surface area (Å²) in [4.78, 5) is 9.59. The van der Waals surface area contributed by atoms with Crippen molar-refractivity contribution in [1.29, 1.82) is 0 Å². The molecule has 1 aromatic carbocycles. The largest absolute Gasteiger partial charge is 0.379 e. The molecule has 4 heterocycles. The maximum absolute atomic E-state index is 5.90. The number of hydrogen-bond donors (Lipinski definition) is 1. The molecule has 1 N–H and O–H groups in total. The highest BCUT2D eigenvalue weighted by atomic mass is 32.1. The Morgan fingerprint density at radius 1 is 1.03 bits per heavy atom. The van der Waals surface area contributed by atoms with Crippen molar-refractivity contribution < 1.29 is 4.74 Å². The molecule has 184 valence electrons. The zero-order valence-corrected chi connectivity index (χ0v) is 21.7. The van der Waals surface area contributed by atoms with Gasteiger partial charge >= 0.3 is 0 Å². The lowest BCUT2D eigenvalue weighted by Gasteiger charge is -2.30. The second kappa shape index (κ2) is 10.5. The molecule has 5 rings (SSSR count). The topological polar surface area (TPSA) is 45.6 Å². The van der Waals surface area contributed by atoms with E-state index in [1.54, 1.807) is 0 Å². The van der Waals surface area contributed by atoms with Gasteiger partial charge in [-0.15, -0.1) is 0 Å². The highest BCUT2D eigenvalue weighted by Crippen LogP contribution is 2.41. The SMILES string of the molecule is Cc1cccc(-n2c(C)cc([C@@H]3[C@@H](c4ccccn4)NC(=S)N3CCCN3CCOCC3)c2C)c1. The van der Waals surface area contributed by atoms with Gasteiger partial charge in [-0.3, -0.25) is 9.88 Å². The Morgan fingerprint density at radius 2 is 1.86 bits per heavy atom. The van der Waals surface area contributed by atoms with Gasteiger partial charge in [-0.05, 0) is 80.9 Å². The standard InChI is InChI=1S/C28H35N5OS/c1-20-8-6-9-23(18-20)33-21(2)19-24(22(33)3)27-26(25-10-4-5-11-29-25)30-28(35)32(27)13-7-12-31-14-16-34-17-15-31/h4-6,8-11,18-19,26-27H,7,12-17H2,1-3H3,(H,30,35)/t26-,27-/m1/s1. The van der Waals surface area contributed by atoms with E-state index in [4.69, 9.17) is 21.9 Å². The smallest absolute Gasteiger partial charge is 0.170 e. The molecule has 2 fully saturated rings. The minimum absolute atomic E-state index is 0.0125. The van der Waals surface area contributed by atoms with Gasteiger partial charge in [-0.1, -0.05) is 18.2 Å². The predicted octanol–water partition coefficient (Wildman–Crippen LogP) is 4.49. The lowest BCUT2D eigenvalue weighted by atomic mass is 9.96. The van der Waals surface area contributed by atoms with Gasteiger partial charge in [0.2, 0.25) is 0 Å². The summed E-state index contributed by atoms with van der Waals surface area (Å²) in [5, 5.41) is 4.43. The molecule has 2 atom stereocenters. The summed E-state index contributed by atoms with van der Waals surface area (Å²) in [6.45, 7) is 12.2. The summed E-state index contributed by atoms with van der Waals surface area (Å²) in [5.41, 5.74) is 7.27. The number of nitrogens with zero attached hydrogens (tertiary/aromatic N) is 4. The Bertz CT molecular complexity index is 1170. The third kappa shape index (κ3) is 4.99. The average molecular weight is 490 g/mol. The number of pyridine rings is 1. The van der Waals surface area contributed by atoms with Crippen LogP contribution < -0.4 is 5.32 Å². The van der Waals surface area contributed by atoms with Crippen LogP contribution in [0.5, 0.6) is 0 Å². The molecule has 0 unspecified atom stereocenters. The van der Waals surface area contributed by atoms with Crippen molar-refractivity contribution in [3.05, 3.63) is 82.9 Å². The van der Waals surface area contributed by atoms with Crippen molar-refractivity contribution in [3.63, 3.8) is 0 Å². The summed E-state index contributed by atoms with van der Waals surface area (Å²) in [6, 6.07) is 17.3. The minimum atomic E-state index is 0.0125. The van der Waals surface area contributed by atoms with Crippen LogP contribution in [-0.4, -0.2) is 63.9 Å². The molecule has 6 nitrogen and oxygen atoms in total. The van der Waals surface area contributed by atoms with Crippen LogP contribution in [0.15, 0.2) is 54.7 Å². The Balaban J connectivity index is 1.47. The number of aromatic nitrogens is 2. The van der Waals surface area contributed by atoms with Crippen LogP contribution >= 0.6 is 12.2 Å². The highest BCUT2D eigenvalue weighted by Gasteiger charge is 2.41. The number of ether oxygens (including phenoxy) is 1. The fourth-order valence-corrected chi connectivity index (χ4v) is 5.86. The van der Waals surface area contributed by atoms with E-state index in [1.807, 2.05) is 12.3 Å². The molecule has 2 aromatic heterocycles. The van der Waals surface area contributed by atoms with Gasteiger partial charge in [0, 0.05) is 49.5 Å². The Morgan fingerprint density at radius 3 is 2.60 bits per heavy atom. The van der Waals surface area contributed by atoms with E-state index in [1.165, 1.54) is 28.2 Å². The van der Waals surface area contributed by atoms with E-state index in [0.29, 0.717) is 0 Å². The molecule has 0 amide bonds. The van der Waals surface area contributed by atoms with Crippen LogP contribution in [0, 0.1) is 20.8 Å². The van der Waals surface area contributed by atoms with Crippen LogP contribution in [0.25, 0.3) is 5.69 Å². The Kier molecular flexibility index (Phi) is 7.18. The first kappa shape index (κ1) is 24.0. The van der Waals surface area contributed by atoms with Crippen molar-refractivity contribution >= 4 is 17.3 Å². The van der Waals surface area contributed by atoms with Gasteiger partial charge in [0.1, 0.15) is 0 Å². The normalized spacial score (nSPS) is 20.9. The Hall–Kier alpha value is -2.74. The maximum Gasteiger partial charge on any atom is 0.170 e. The molecule has 35 heavy (non-hydrogen) atoms. The van der Waals surface area contributed by atoms with Crippen LogP contribution in [-0.2, 0) is 4.74 Å². The van der Waals surface area contributed by atoms with Crippen molar-refractivity contribution in [3.8, 4) is 5.69 Å². The van der Waals surface area contributed by atoms with Crippen molar-refractivity contribution in [2.24, 2.45) is 0 Å². The number of benzene rings is 1. The molecule has 7 heteroatoms. The van der Waals surface area contributed by atoms with Gasteiger partial charge < -0.3 is 19.5 Å². The zero-order valence-electron chi connectivity index (χ0n) is 20.9. The zero-order chi connectivity index (χ0) is 24.4. The fourth-order valence-electron chi connectivity index (χ4n) is 5.53. The van der Waals surface area contributed by atoms with Gasteiger partial charge in [0.25, 0.3) is 0 Å². The van der Waals surface area contributed by atoms with E-state index in [2.05, 4.69) is 82.9 Å². The molecule has 0 spiro atoms. The van der Waals surface area contributed by atoms with E-state index in [-0.39, 0.29) is 12.1 Å². The quantitative estimate of drug-likeness (QED) is 0.494. The van der Waals surface area contributed by atoms with Gasteiger partial charge in [-0.2, -0.15) is 0 Å². The first-order valence-corrected chi connectivity index (χ1v) is 13.0. The van der Waals surface area contributed by atoms with Crippen LogP contribution in [0.4, 0.5) is 0 Å². The fraction of sp³-hybridized carbons (Fsp3) is 0.429. The number of morpholine rings is 1. The summed E-state index contributed by atoms with van der Waals surface area (Å²) in [6.07, 6.45) is 2.93. The Labute approximate surface area is 213 Å². The molecule has 3 aromatic rings. The molecular weight excluding hydrogens is 454 g/mol. The molecule has 2 aliphatic heterocycles. The minimum Gasteiger partial charge on any atom is -0.379 e. The van der Waals surface area contributed by atoms with Crippen LogP contribution in [0.1, 0.15) is 46.7 Å². The third-order valence-corrected chi connectivity index (χ3v) is 7.58. The first-order valence-electron chi connectivity index (χ1n) is 12.6. The molecule has 0 radical (unpaired) electrons. The monoisotopic (exact) mass is 489 g/mol. The summed E-state index contributed by atoms with van der Waals surface area (Å²) < 4.78 is 7.88. The molecule has 2 saturated heterocycles. The third-order valence-electron chi connectivity index (χ3n) is 7.22. The van der Waals surface area contributed by atoms with Crippen molar-refractivity contribution in [2.75, 3.05) is 39.4 Å². The second-order valence-electron chi connectivity index (χ2n) is 9.63. The number of aryl methyl sites for hydroxylation is 2. The second-order valence-corrected chi connectivity index (χ2v) is 10.0. The molecule has 0 bridgehead atoms. The van der Waals surface area contributed by atoms with E-state index in [9.17, 15) is 0 Å². The predicted molar refractivity (Wildman–Crippen MR) is 144 cm³/mol. The van der Waals surface area contributed by atoms with Crippen molar-refractivity contribution in [2.45, 2.75) is 39.3 Å².